The lowest BCUT2D eigenvalue weighted by Crippen LogP contribution is -2.17. The highest BCUT2D eigenvalue weighted by Gasteiger charge is 2.09. The van der Waals surface area contributed by atoms with Crippen molar-refractivity contribution in [3.8, 4) is 11.5 Å². The molecule has 8 nitrogen and oxygen atoms in total. The minimum absolute atomic E-state index is 0.0915. The van der Waals surface area contributed by atoms with Crippen molar-refractivity contribution < 1.29 is 19.2 Å². The topological polar surface area (TPSA) is 103 Å². The molecule has 0 unspecified atom stereocenters. The molecule has 0 heterocycles. The Morgan fingerprint density at radius 2 is 1.88 bits per heavy atom. The van der Waals surface area contributed by atoms with E-state index in [2.05, 4.69) is 10.5 Å². The van der Waals surface area contributed by atoms with E-state index in [0.717, 1.165) is 5.56 Å². The van der Waals surface area contributed by atoms with Crippen molar-refractivity contribution in [1.29, 1.82) is 0 Å². The highest BCUT2D eigenvalue weighted by atomic mass is 35.5. The van der Waals surface area contributed by atoms with E-state index >= 15 is 0 Å². The summed E-state index contributed by atoms with van der Waals surface area (Å²) in [6, 6.07) is 17.9. The van der Waals surface area contributed by atoms with Crippen molar-refractivity contribution in [2.24, 2.45) is 5.10 Å². The van der Waals surface area contributed by atoms with Gasteiger partial charge < -0.3 is 9.47 Å². The third-order valence-electron chi connectivity index (χ3n) is 4.27. The van der Waals surface area contributed by atoms with Gasteiger partial charge in [-0.3, -0.25) is 14.9 Å². The second kappa shape index (κ2) is 10.9. The third kappa shape index (κ3) is 6.29. The van der Waals surface area contributed by atoms with Crippen molar-refractivity contribution in [2.75, 3.05) is 6.61 Å². The van der Waals surface area contributed by atoms with Crippen molar-refractivity contribution in [2.45, 2.75) is 13.5 Å². The van der Waals surface area contributed by atoms with Gasteiger partial charge in [-0.2, -0.15) is 5.10 Å². The molecule has 0 atom stereocenters. The minimum atomic E-state index is -0.530. The average Bonchev–Trinajstić information content (AvgIpc) is 2.79. The normalized spacial score (nSPS) is 10.7. The lowest BCUT2D eigenvalue weighted by atomic mass is 10.2. The Morgan fingerprint density at radius 3 is 2.56 bits per heavy atom. The molecule has 0 aliphatic carbocycles. The highest BCUT2D eigenvalue weighted by molar-refractivity contribution is 6.30. The third-order valence-corrected chi connectivity index (χ3v) is 4.51. The lowest BCUT2D eigenvalue weighted by molar-refractivity contribution is -0.384. The first-order valence-electron chi connectivity index (χ1n) is 9.68. The summed E-state index contributed by atoms with van der Waals surface area (Å²) >= 11 is 6.01. The maximum Gasteiger partial charge on any atom is 0.271 e. The predicted molar refractivity (Wildman–Crippen MR) is 122 cm³/mol. The number of non-ortho nitro benzene ring substituents is 1. The molecule has 1 N–H and O–H groups in total. The highest BCUT2D eigenvalue weighted by Crippen LogP contribution is 2.29. The van der Waals surface area contributed by atoms with Crippen LogP contribution >= 0.6 is 11.6 Å². The van der Waals surface area contributed by atoms with Crippen LogP contribution in [0.25, 0.3) is 0 Å². The van der Waals surface area contributed by atoms with Crippen LogP contribution in [0.1, 0.15) is 28.4 Å². The zero-order valence-corrected chi connectivity index (χ0v) is 17.9. The number of amides is 1. The average molecular weight is 454 g/mol. The van der Waals surface area contributed by atoms with Gasteiger partial charge in [0.2, 0.25) is 0 Å². The van der Waals surface area contributed by atoms with Gasteiger partial charge in [0.15, 0.2) is 11.5 Å². The molecule has 0 aromatic heterocycles. The zero-order valence-electron chi connectivity index (χ0n) is 17.2. The van der Waals surface area contributed by atoms with Crippen LogP contribution in [0.3, 0.4) is 0 Å². The molecule has 3 rings (SSSR count). The Labute approximate surface area is 189 Å². The molecule has 32 heavy (non-hydrogen) atoms. The molecule has 9 heteroatoms. The number of carbonyl (C=O) groups is 1. The first-order chi connectivity index (χ1) is 15.5. The van der Waals surface area contributed by atoms with Gasteiger partial charge >= 0.3 is 0 Å². The fourth-order valence-corrected chi connectivity index (χ4v) is 2.96. The van der Waals surface area contributed by atoms with Gasteiger partial charge in [-0.15, -0.1) is 0 Å². The van der Waals surface area contributed by atoms with E-state index in [1.54, 1.807) is 24.3 Å². The van der Waals surface area contributed by atoms with Crippen LogP contribution in [-0.4, -0.2) is 23.7 Å². The summed E-state index contributed by atoms with van der Waals surface area (Å²) in [5.41, 5.74) is 4.17. The van der Waals surface area contributed by atoms with E-state index in [0.29, 0.717) is 35.3 Å². The van der Waals surface area contributed by atoms with E-state index < -0.39 is 10.8 Å². The maximum atomic E-state index is 12.1. The van der Waals surface area contributed by atoms with Crippen molar-refractivity contribution in [3.05, 3.63) is 98.6 Å². The molecule has 164 valence electrons. The molecule has 0 saturated carbocycles. The van der Waals surface area contributed by atoms with Crippen LogP contribution in [0.4, 0.5) is 5.69 Å². The second-order valence-electron chi connectivity index (χ2n) is 6.56. The Hall–Kier alpha value is -3.91. The fourth-order valence-electron chi connectivity index (χ4n) is 2.74. The smallest absolute Gasteiger partial charge is 0.271 e. The molecule has 0 bridgehead atoms. The molecule has 0 aliphatic rings. The van der Waals surface area contributed by atoms with Crippen LogP contribution in [0.5, 0.6) is 11.5 Å². The molecule has 0 spiro atoms. The van der Waals surface area contributed by atoms with Crippen LogP contribution in [0.2, 0.25) is 5.02 Å². The van der Waals surface area contributed by atoms with Crippen LogP contribution in [0, 0.1) is 10.1 Å². The number of hydrazone groups is 1. The van der Waals surface area contributed by atoms with Gasteiger partial charge in [-0.25, -0.2) is 5.43 Å². The molecule has 0 saturated heterocycles. The first-order valence-corrected chi connectivity index (χ1v) is 10.1. The largest absolute Gasteiger partial charge is 0.490 e. The van der Waals surface area contributed by atoms with Gasteiger partial charge in [0, 0.05) is 22.7 Å². The number of nitrogens with zero attached hydrogens (tertiary/aromatic N) is 2. The van der Waals surface area contributed by atoms with E-state index in [-0.39, 0.29) is 11.3 Å². The van der Waals surface area contributed by atoms with E-state index in [4.69, 9.17) is 21.1 Å². The van der Waals surface area contributed by atoms with Gasteiger partial charge in [0.25, 0.3) is 11.6 Å². The van der Waals surface area contributed by atoms with Gasteiger partial charge in [-0.1, -0.05) is 23.7 Å². The summed E-state index contributed by atoms with van der Waals surface area (Å²) in [5, 5.41) is 15.3. The summed E-state index contributed by atoms with van der Waals surface area (Å²) in [7, 11) is 0. The van der Waals surface area contributed by atoms with Crippen molar-refractivity contribution in [1.82, 2.24) is 5.43 Å². The van der Waals surface area contributed by atoms with Crippen LogP contribution in [-0.2, 0) is 6.61 Å². The summed E-state index contributed by atoms with van der Waals surface area (Å²) < 4.78 is 11.5. The number of hydrogen-bond acceptors (Lipinski definition) is 6. The minimum Gasteiger partial charge on any atom is -0.490 e. The molecule has 0 fully saturated rings. The van der Waals surface area contributed by atoms with Gasteiger partial charge in [-0.05, 0) is 60.5 Å². The number of halogens is 1. The first kappa shape index (κ1) is 22.8. The number of hydrogen-bond donors (Lipinski definition) is 1. The molecule has 0 aliphatic heterocycles. The Kier molecular flexibility index (Phi) is 7.77. The number of benzene rings is 3. The number of carbonyl (C=O) groups excluding carboxylic acids is 1. The molecular weight excluding hydrogens is 434 g/mol. The number of nitro groups is 1. The Balaban J connectivity index is 1.64. The van der Waals surface area contributed by atoms with Crippen LogP contribution < -0.4 is 14.9 Å². The SMILES string of the molecule is CCOc1cc(/C=N/NC(=O)c2ccc([N+](=O)[O-])cc2)ccc1OCc1cccc(Cl)c1. The predicted octanol–water partition coefficient (Wildman–Crippen LogP) is 4.99. The fraction of sp³-hybridized carbons (Fsp3) is 0.130. The summed E-state index contributed by atoms with van der Waals surface area (Å²) in [6.45, 7) is 2.65. The summed E-state index contributed by atoms with van der Waals surface area (Å²) in [4.78, 5) is 22.3. The monoisotopic (exact) mass is 453 g/mol. The van der Waals surface area contributed by atoms with E-state index in [1.165, 1.54) is 30.5 Å². The Morgan fingerprint density at radius 1 is 1.09 bits per heavy atom. The maximum absolute atomic E-state index is 12.1. The molecule has 0 radical (unpaired) electrons. The van der Waals surface area contributed by atoms with E-state index in [1.807, 2.05) is 25.1 Å². The molecule has 1 amide bonds. The molecule has 3 aromatic carbocycles. The van der Waals surface area contributed by atoms with Gasteiger partial charge in [0.05, 0.1) is 17.7 Å². The summed E-state index contributed by atoms with van der Waals surface area (Å²) in [6.07, 6.45) is 1.46. The van der Waals surface area contributed by atoms with E-state index in [9.17, 15) is 14.9 Å². The number of nitrogens with one attached hydrogen (secondary N) is 1. The second-order valence-corrected chi connectivity index (χ2v) is 7.00. The number of nitro benzene ring substituents is 1. The zero-order chi connectivity index (χ0) is 22.9. The number of ether oxygens (including phenoxy) is 2. The van der Waals surface area contributed by atoms with Crippen molar-refractivity contribution >= 4 is 29.4 Å². The standard InChI is InChI=1S/C23H20ClN3O5/c1-2-31-22-13-16(6-11-21(22)32-15-17-4-3-5-19(24)12-17)14-25-26-23(28)18-7-9-20(10-8-18)27(29)30/h3-14H,2,15H2,1H3,(H,26,28)/b25-14+. The summed E-state index contributed by atoms with van der Waals surface area (Å²) in [5.74, 6) is 0.627. The van der Waals surface area contributed by atoms with Crippen LogP contribution in [0.15, 0.2) is 71.8 Å². The molecule has 3 aromatic rings. The quantitative estimate of drug-likeness (QED) is 0.279. The van der Waals surface area contributed by atoms with Gasteiger partial charge in [0.1, 0.15) is 6.61 Å². The number of rotatable bonds is 9. The van der Waals surface area contributed by atoms with Crippen molar-refractivity contribution in [3.63, 3.8) is 0 Å². The Bertz CT molecular complexity index is 1130. The molecular formula is C23H20ClN3O5. The lowest BCUT2D eigenvalue weighted by Gasteiger charge is -2.12.